The van der Waals surface area contributed by atoms with Gasteiger partial charge in [0, 0.05) is 0 Å². The van der Waals surface area contributed by atoms with E-state index in [1.807, 2.05) is 10.1 Å². The molecule has 0 spiro atoms. The van der Waals surface area contributed by atoms with Gasteiger partial charge in [0.05, 0.1) is 0 Å². The SMILES string of the molecule is CCN(CC)OP1(ON(CC)CC)(N(CC)CC)NO1.Cl. The Morgan fingerprint density at radius 1 is 0.762 bits per heavy atom. The number of nitrogens with zero attached hydrogens (tertiary/aromatic N) is 3. The zero-order valence-corrected chi connectivity index (χ0v) is 15.9. The van der Waals surface area contributed by atoms with E-state index in [0.717, 1.165) is 39.3 Å². The van der Waals surface area contributed by atoms with Crippen molar-refractivity contribution in [3.8, 4) is 0 Å². The molecule has 1 fully saturated rings. The van der Waals surface area contributed by atoms with Crippen LogP contribution < -0.4 is 5.25 Å². The molecule has 1 aliphatic rings. The van der Waals surface area contributed by atoms with Gasteiger partial charge in [-0.3, -0.25) is 0 Å². The molecule has 0 aromatic heterocycles. The predicted octanol–water partition coefficient (Wildman–Crippen LogP) is 2.96. The standard InChI is InChI=1S/C12H31N4O3P.ClH/c1-7-14(8-2)18-20(13-17-20,16(11-5)12-6)19-15(9-3)10-4;/h13H,7-12H2,1-6H3;1H. The van der Waals surface area contributed by atoms with Crippen molar-refractivity contribution >= 4 is 20.0 Å². The van der Waals surface area contributed by atoms with Crippen molar-refractivity contribution in [3.63, 3.8) is 0 Å². The Labute approximate surface area is 135 Å². The van der Waals surface area contributed by atoms with Crippen LogP contribution in [0.5, 0.6) is 0 Å². The maximum Gasteiger partial charge on any atom is -0.147 e. The Hall–Kier alpha value is 0.440. The molecule has 0 saturated carbocycles. The van der Waals surface area contributed by atoms with E-state index >= 15 is 0 Å². The number of nitrogens with one attached hydrogen (secondary N) is 1. The summed E-state index contributed by atoms with van der Waals surface area (Å²) < 4.78 is 20.2. The van der Waals surface area contributed by atoms with Crippen molar-refractivity contribution < 1.29 is 13.9 Å². The second-order valence-corrected chi connectivity index (χ2v) is 7.50. The van der Waals surface area contributed by atoms with Crippen LogP contribution in [0.3, 0.4) is 0 Å². The molecule has 1 N–H and O–H groups in total. The topological polar surface area (TPSA) is 62.7 Å². The van der Waals surface area contributed by atoms with Gasteiger partial charge in [-0.25, -0.2) is 0 Å². The van der Waals surface area contributed by atoms with Crippen LogP contribution in [0.15, 0.2) is 0 Å². The zero-order valence-electron chi connectivity index (χ0n) is 14.2. The molecular formula is C12H32ClN4O3P. The Morgan fingerprint density at radius 2 is 1.10 bits per heavy atom. The van der Waals surface area contributed by atoms with E-state index in [1.165, 1.54) is 0 Å². The van der Waals surface area contributed by atoms with E-state index in [-0.39, 0.29) is 12.4 Å². The third-order valence-corrected chi connectivity index (χ3v) is 6.69. The summed E-state index contributed by atoms with van der Waals surface area (Å²) in [5.74, 6) is 0. The van der Waals surface area contributed by atoms with Gasteiger partial charge in [0.1, 0.15) is 0 Å². The van der Waals surface area contributed by atoms with Gasteiger partial charge in [0.2, 0.25) is 0 Å². The van der Waals surface area contributed by atoms with Crippen molar-refractivity contribution in [2.75, 3.05) is 39.3 Å². The average Bonchev–Trinajstić information content (AvgIpc) is 3.20. The zero-order chi connectivity index (χ0) is 15.3. The smallest absolute Gasteiger partial charge is 0.147 e. The minimum Gasteiger partial charge on any atom is -0.147 e. The fourth-order valence-corrected chi connectivity index (χ4v) is 5.41. The van der Waals surface area contributed by atoms with Crippen LogP contribution in [-0.2, 0) is 13.9 Å². The molecule has 0 aliphatic carbocycles. The first-order valence-corrected chi connectivity index (χ1v) is 9.62. The quantitative estimate of drug-likeness (QED) is 0.350. The van der Waals surface area contributed by atoms with Crippen molar-refractivity contribution in [1.82, 2.24) is 20.0 Å². The van der Waals surface area contributed by atoms with Crippen LogP contribution in [0.1, 0.15) is 41.5 Å². The Morgan fingerprint density at radius 3 is 1.29 bits per heavy atom. The minimum absolute atomic E-state index is 0. The van der Waals surface area contributed by atoms with Crippen molar-refractivity contribution in [1.29, 1.82) is 0 Å². The molecule has 130 valence electrons. The summed E-state index contributed by atoms with van der Waals surface area (Å²) in [7, 11) is -3.39. The summed E-state index contributed by atoms with van der Waals surface area (Å²) in [5, 5.41) is 6.74. The second-order valence-electron chi connectivity index (χ2n) is 4.56. The van der Waals surface area contributed by atoms with E-state index in [4.69, 9.17) is 13.9 Å². The molecule has 0 amide bonds. The number of hydrogen-bond donors (Lipinski definition) is 1. The van der Waals surface area contributed by atoms with E-state index in [0.29, 0.717) is 0 Å². The molecule has 1 saturated heterocycles. The molecule has 9 heteroatoms. The second kappa shape index (κ2) is 8.91. The Balaban J connectivity index is 0.00000400. The molecule has 0 bridgehead atoms. The fraction of sp³-hybridized carbons (Fsp3) is 1.00. The molecule has 0 aromatic rings. The van der Waals surface area contributed by atoms with Gasteiger partial charge < -0.3 is 0 Å². The normalized spacial score (nSPS) is 21.1. The van der Waals surface area contributed by atoms with Crippen LogP contribution in [0.4, 0.5) is 0 Å². The third-order valence-electron chi connectivity index (χ3n) is 3.47. The van der Waals surface area contributed by atoms with E-state index < -0.39 is 7.59 Å². The summed E-state index contributed by atoms with van der Waals surface area (Å²) in [6, 6.07) is 0. The van der Waals surface area contributed by atoms with Gasteiger partial charge in [0.15, 0.2) is 0 Å². The Bertz CT molecular complexity index is 280. The largest absolute Gasteiger partial charge is 0.147 e. The first-order valence-electron chi connectivity index (χ1n) is 7.68. The summed E-state index contributed by atoms with van der Waals surface area (Å²) in [5.41, 5.74) is 0. The molecule has 0 aromatic carbocycles. The minimum atomic E-state index is -3.39. The van der Waals surface area contributed by atoms with E-state index in [2.05, 4.69) is 51.5 Å². The monoisotopic (exact) mass is 346 g/mol. The summed E-state index contributed by atoms with van der Waals surface area (Å²) in [6.45, 7) is 17.1. The van der Waals surface area contributed by atoms with Crippen LogP contribution in [0.25, 0.3) is 0 Å². The molecule has 1 aliphatic heterocycles. The first kappa shape index (κ1) is 21.4. The Kier molecular flexibility index (Phi) is 9.10. The van der Waals surface area contributed by atoms with Crippen LogP contribution in [0.2, 0.25) is 0 Å². The first-order chi connectivity index (χ1) is 9.53. The molecule has 0 unspecified atom stereocenters. The van der Waals surface area contributed by atoms with Gasteiger partial charge in [-0.05, 0) is 0 Å². The van der Waals surface area contributed by atoms with Crippen molar-refractivity contribution in [3.05, 3.63) is 0 Å². The van der Waals surface area contributed by atoms with Crippen LogP contribution in [0, 0.1) is 0 Å². The molecule has 1 rings (SSSR count). The van der Waals surface area contributed by atoms with Crippen molar-refractivity contribution in [2.45, 2.75) is 41.5 Å². The molecule has 21 heavy (non-hydrogen) atoms. The molecular weight excluding hydrogens is 315 g/mol. The van der Waals surface area contributed by atoms with Gasteiger partial charge >= 0.3 is 122 Å². The predicted molar refractivity (Wildman–Crippen MR) is 89.3 cm³/mol. The van der Waals surface area contributed by atoms with Gasteiger partial charge in [-0.15, -0.1) is 12.4 Å². The number of halogens is 1. The van der Waals surface area contributed by atoms with Gasteiger partial charge in [0.25, 0.3) is 0 Å². The van der Waals surface area contributed by atoms with Crippen LogP contribution >= 0.6 is 20.0 Å². The summed E-state index contributed by atoms with van der Waals surface area (Å²) >= 11 is 0. The molecule has 0 atom stereocenters. The van der Waals surface area contributed by atoms with Crippen molar-refractivity contribution in [2.24, 2.45) is 0 Å². The maximum atomic E-state index is 6.21. The van der Waals surface area contributed by atoms with Crippen LogP contribution in [-0.4, -0.2) is 54.1 Å². The fourth-order valence-electron chi connectivity index (χ4n) is 2.15. The molecule has 0 radical (unpaired) electrons. The number of hydroxylamine groups is 4. The summed E-state index contributed by atoms with van der Waals surface area (Å²) in [4.78, 5) is 0. The van der Waals surface area contributed by atoms with E-state index in [1.54, 1.807) is 0 Å². The average molecular weight is 347 g/mol. The molecule has 7 nitrogen and oxygen atoms in total. The van der Waals surface area contributed by atoms with E-state index in [9.17, 15) is 0 Å². The maximum absolute atomic E-state index is 6.21. The molecule has 1 heterocycles. The summed E-state index contributed by atoms with van der Waals surface area (Å²) in [6.07, 6.45) is 0. The van der Waals surface area contributed by atoms with Gasteiger partial charge in [-0.1, -0.05) is 0 Å². The van der Waals surface area contributed by atoms with Gasteiger partial charge in [-0.2, -0.15) is 0 Å². The number of rotatable bonds is 11. The number of hydrogen-bond acceptors (Lipinski definition) is 7. The third kappa shape index (κ3) is 4.47.